The maximum atomic E-state index is 14.0. The third kappa shape index (κ3) is 4.24. The Bertz CT molecular complexity index is 917. The molecule has 132 valence electrons. The van der Waals surface area contributed by atoms with E-state index < -0.39 is 26.6 Å². The molecule has 2 aromatic carbocycles. The SMILES string of the molecule is Cc1cc(C)cc(NC(=O)c2ccc(F)c(S(=O)(=O)NC3CC3)c2)c1. The number of aryl methyl sites for hydroxylation is 2. The van der Waals surface area contributed by atoms with E-state index in [4.69, 9.17) is 0 Å². The van der Waals surface area contributed by atoms with Crippen LogP contribution in [0.25, 0.3) is 0 Å². The van der Waals surface area contributed by atoms with Crippen molar-refractivity contribution in [3.8, 4) is 0 Å². The van der Waals surface area contributed by atoms with Gasteiger partial charge in [-0.25, -0.2) is 17.5 Å². The molecule has 25 heavy (non-hydrogen) atoms. The van der Waals surface area contributed by atoms with E-state index in [2.05, 4.69) is 10.0 Å². The maximum Gasteiger partial charge on any atom is 0.255 e. The van der Waals surface area contributed by atoms with E-state index in [1.54, 1.807) is 12.1 Å². The summed E-state index contributed by atoms with van der Waals surface area (Å²) < 4.78 is 40.9. The lowest BCUT2D eigenvalue weighted by atomic mass is 10.1. The summed E-state index contributed by atoms with van der Waals surface area (Å²) >= 11 is 0. The van der Waals surface area contributed by atoms with Gasteiger partial charge in [-0.2, -0.15) is 0 Å². The standard InChI is InChI=1S/C18H19FN2O3S/c1-11-7-12(2)9-15(8-11)20-18(22)13-3-6-16(19)17(10-13)25(23,24)21-14-4-5-14/h3,6-10,14,21H,4-5H2,1-2H3,(H,20,22). The molecule has 0 aromatic heterocycles. The zero-order valence-electron chi connectivity index (χ0n) is 14.0. The Morgan fingerprint density at radius 2 is 1.72 bits per heavy atom. The van der Waals surface area contributed by atoms with E-state index in [0.29, 0.717) is 5.69 Å². The fourth-order valence-corrected chi connectivity index (χ4v) is 3.99. The Hall–Kier alpha value is -2.25. The number of sulfonamides is 1. The van der Waals surface area contributed by atoms with Gasteiger partial charge >= 0.3 is 0 Å². The molecule has 0 bridgehead atoms. The fraction of sp³-hybridized carbons (Fsp3) is 0.278. The molecule has 0 atom stereocenters. The second-order valence-corrected chi connectivity index (χ2v) is 8.05. The number of nitrogens with one attached hydrogen (secondary N) is 2. The Labute approximate surface area is 146 Å². The van der Waals surface area contributed by atoms with Crippen molar-refractivity contribution < 1.29 is 17.6 Å². The molecule has 0 heterocycles. The smallest absolute Gasteiger partial charge is 0.255 e. The van der Waals surface area contributed by atoms with Gasteiger partial charge in [0, 0.05) is 17.3 Å². The lowest BCUT2D eigenvalue weighted by Crippen LogP contribution is -2.27. The van der Waals surface area contributed by atoms with E-state index in [1.807, 2.05) is 19.9 Å². The van der Waals surface area contributed by atoms with Crippen molar-refractivity contribution in [2.45, 2.75) is 37.6 Å². The first-order valence-corrected chi connectivity index (χ1v) is 9.44. The fourth-order valence-electron chi connectivity index (χ4n) is 2.58. The molecule has 3 rings (SSSR count). The van der Waals surface area contributed by atoms with Gasteiger partial charge in [-0.1, -0.05) is 6.07 Å². The normalized spacial score (nSPS) is 14.4. The van der Waals surface area contributed by atoms with E-state index in [9.17, 15) is 17.6 Å². The van der Waals surface area contributed by atoms with Crippen molar-refractivity contribution in [1.29, 1.82) is 0 Å². The number of hydrogen-bond donors (Lipinski definition) is 2. The highest BCUT2D eigenvalue weighted by atomic mass is 32.2. The molecule has 1 aliphatic carbocycles. The van der Waals surface area contributed by atoms with E-state index in [0.717, 1.165) is 36.1 Å². The molecule has 0 aliphatic heterocycles. The molecule has 1 fully saturated rings. The number of carbonyl (C=O) groups is 1. The van der Waals surface area contributed by atoms with Crippen LogP contribution in [-0.2, 0) is 10.0 Å². The Balaban J connectivity index is 1.87. The molecule has 7 heteroatoms. The number of benzene rings is 2. The molecular formula is C18H19FN2O3S. The second-order valence-electron chi connectivity index (χ2n) is 6.37. The summed E-state index contributed by atoms with van der Waals surface area (Å²) in [6, 6.07) is 8.78. The highest BCUT2D eigenvalue weighted by molar-refractivity contribution is 7.89. The van der Waals surface area contributed by atoms with Crippen LogP contribution in [0.5, 0.6) is 0 Å². The number of anilines is 1. The molecule has 2 N–H and O–H groups in total. The first kappa shape index (κ1) is 17.6. The van der Waals surface area contributed by atoms with Crippen LogP contribution in [0.1, 0.15) is 34.3 Å². The van der Waals surface area contributed by atoms with Gasteiger partial charge in [0.05, 0.1) is 0 Å². The highest BCUT2D eigenvalue weighted by Crippen LogP contribution is 2.24. The lowest BCUT2D eigenvalue weighted by molar-refractivity contribution is 0.102. The van der Waals surface area contributed by atoms with Crippen LogP contribution in [0.4, 0.5) is 10.1 Å². The van der Waals surface area contributed by atoms with Crippen molar-refractivity contribution >= 4 is 21.6 Å². The predicted octanol–water partition coefficient (Wildman–Crippen LogP) is 3.14. The minimum atomic E-state index is -3.98. The van der Waals surface area contributed by atoms with Crippen LogP contribution in [0.15, 0.2) is 41.3 Å². The quantitative estimate of drug-likeness (QED) is 0.858. The molecule has 2 aromatic rings. The van der Waals surface area contributed by atoms with Crippen LogP contribution >= 0.6 is 0 Å². The predicted molar refractivity (Wildman–Crippen MR) is 93.6 cm³/mol. The third-order valence-corrected chi connectivity index (χ3v) is 5.40. The van der Waals surface area contributed by atoms with E-state index >= 15 is 0 Å². The second kappa shape index (κ2) is 6.57. The van der Waals surface area contributed by atoms with Gasteiger partial charge in [0.1, 0.15) is 10.7 Å². The van der Waals surface area contributed by atoms with Gasteiger partial charge < -0.3 is 5.32 Å². The minimum absolute atomic E-state index is 0.0803. The number of carbonyl (C=O) groups excluding carboxylic acids is 1. The number of rotatable bonds is 5. The first-order valence-electron chi connectivity index (χ1n) is 7.96. The number of hydrogen-bond acceptors (Lipinski definition) is 3. The summed E-state index contributed by atoms with van der Waals surface area (Å²) in [6.45, 7) is 3.82. The summed E-state index contributed by atoms with van der Waals surface area (Å²) in [7, 11) is -3.98. The van der Waals surface area contributed by atoms with E-state index in [1.165, 1.54) is 6.07 Å². The van der Waals surface area contributed by atoms with Crippen molar-refractivity contribution in [3.05, 3.63) is 58.9 Å². The van der Waals surface area contributed by atoms with Gasteiger partial charge in [-0.15, -0.1) is 0 Å². The van der Waals surface area contributed by atoms with Crippen molar-refractivity contribution in [3.63, 3.8) is 0 Å². The van der Waals surface area contributed by atoms with Gasteiger partial charge in [-0.05, 0) is 68.1 Å². The zero-order valence-corrected chi connectivity index (χ0v) is 14.8. The summed E-state index contributed by atoms with van der Waals surface area (Å²) in [6.07, 6.45) is 1.49. The molecule has 0 unspecified atom stereocenters. The van der Waals surface area contributed by atoms with Gasteiger partial charge in [-0.3, -0.25) is 4.79 Å². The van der Waals surface area contributed by atoms with Crippen LogP contribution in [0.2, 0.25) is 0 Å². The summed E-state index contributed by atoms with van der Waals surface area (Å²) in [5, 5.41) is 2.71. The third-order valence-electron chi connectivity index (χ3n) is 3.86. The number of halogens is 1. The molecule has 0 radical (unpaired) electrons. The first-order chi connectivity index (χ1) is 11.7. The monoisotopic (exact) mass is 362 g/mol. The summed E-state index contributed by atoms with van der Waals surface area (Å²) in [5.41, 5.74) is 2.67. The van der Waals surface area contributed by atoms with Gasteiger partial charge in [0.2, 0.25) is 10.0 Å². The number of amides is 1. The Morgan fingerprint density at radius 3 is 2.32 bits per heavy atom. The summed E-state index contributed by atoms with van der Waals surface area (Å²) in [5.74, 6) is -1.37. The van der Waals surface area contributed by atoms with Crippen LogP contribution in [0, 0.1) is 19.7 Å². The average Bonchev–Trinajstić information content (AvgIpc) is 3.29. The van der Waals surface area contributed by atoms with Gasteiger partial charge in [0.15, 0.2) is 0 Å². The van der Waals surface area contributed by atoms with Crippen molar-refractivity contribution in [2.75, 3.05) is 5.32 Å². The molecule has 1 aliphatic rings. The molecule has 0 spiro atoms. The largest absolute Gasteiger partial charge is 0.322 e. The highest BCUT2D eigenvalue weighted by Gasteiger charge is 2.30. The van der Waals surface area contributed by atoms with Crippen LogP contribution < -0.4 is 10.0 Å². The molecule has 1 amide bonds. The Morgan fingerprint density at radius 1 is 1.08 bits per heavy atom. The molecule has 1 saturated carbocycles. The average molecular weight is 362 g/mol. The topological polar surface area (TPSA) is 75.3 Å². The maximum absolute atomic E-state index is 14.0. The van der Waals surface area contributed by atoms with E-state index in [-0.39, 0.29) is 11.6 Å². The zero-order chi connectivity index (χ0) is 18.2. The van der Waals surface area contributed by atoms with Crippen LogP contribution in [0.3, 0.4) is 0 Å². The molecule has 0 saturated heterocycles. The minimum Gasteiger partial charge on any atom is -0.322 e. The Kier molecular flexibility index (Phi) is 4.62. The summed E-state index contributed by atoms with van der Waals surface area (Å²) in [4.78, 5) is 11.9. The lowest BCUT2D eigenvalue weighted by Gasteiger charge is -2.10. The van der Waals surface area contributed by atoms with Crippen molar-refractivity contribution in [1.82, 2.24) is 4.72 Å². The molecular weight excluding hydrogens is 343 g/mol. The van der Waals surface area contributed by atoms with Crippen molar-refractivity contribution in [2.24, 2.45) is 0 Å². The van der Waals surface area contributed by atoms with Crippen LogP contribution in [-0.4, -0.2) is 20.4 Å². The van der Waals surface area contributed by atoms with Gasteiger partial charge in [0.25, 0.3) is 5.91 Å². The molecule has 5 nitrogen and oxygen atoms in total.